The number of nitrogens with two attached hydrogens (primary N) is 1. The number of nitrogens with zero attached hydrogens (tertiary/aromatic N) is 3. The minimum atomic E-state index is -0.499. The van der Waals surface area contributed by atoms with E-state index in [0.29, 0.717) is 17.4 Å². The lowest BCUT2D eigenvalue weighted by Gasteiger charge is -2.07. The summed E-state index contributed by atoms with van der Waals surface area (Å²) in [7, 11) is 1.42. The van der Waals surface area contributed by atoms with Crippen molar-refractivity contribution in [1.29, 1.82) is 0 Å². The second-order valence-corrected chi connectivity index (χ2v) is 4.78. The smallest absolute Gasteiger partial charge is 0.354 e. The van der Waals surface area contributed by atoms with Crippen molar-refractivity contribution >= 4 is 23.3 Å². The highest BCUT2D eigenvalue weighted by Gasteiger charge is 2.14. The molecule has 1 aromatic heterocycles. The van der Waals surface area contributed by atoms with E-state index in [4.69, 9.17) is 10.5 Å². The minimum absolute atomic E-state index is 0.0726. The molecule has 1 heterocycles. The van der Waals surface area contributed by atoms with Gasteiger partial charge in [-0.1, -0.05) is 0 Å². The van der Waals surface area contributed by atoms with Crippen LogP contribution in [0.2, 0.25) is 0 Å². The largest absolute Gasteiger partial charge is 0.493 e. The van der Waals surface area contributed by atoms with Gasteiger partial charge >= 0.3 is 5.95 Å². The Kier molecular flexibility index (Phi) is 4.69. The summed E-state index contributed by atoms with van der Waals surface area (Å²) in [6, 6.07) is 6.01. The fourth-order valence-corrected chi connectivity index (χ4v) is 1.98. The number of nitro groups is 1. The van der Waals surface area contributed by atoms with Crippen molar-refractivity contribution in [2.75, 3.05) is 12.4 Å². The van der Waals surface area contributed by atoms with E-state index >= 15 is 0 Å². The first kappa shape index (κ1) is 16.1. The minimum Gasteiger partial charge on any atom is -0.493 e. The van der Waals surface area contributed by atoms with Gasteiger partial charge in [0.05, 0.1) is 29.5 Å². The van der Waals surface area contributed by atoms with Crippen molar-refractivity contribution in [2.45, 2.75) is 13.8 Å². The standard InChI is InChI=1S/C14H16N6O3/c1-8-6-9(2)17-14(16-8)19-13(15)18-11-5-4-10(20(21)22)7-12(11)23-3/h4-7H,1-3H3,(H3,15,16,17,18,19)/p+1. The zero-order valence-electron chi connectivity index (χ0n) is 13.0. The molecule has 23 heavy (non-hydrogen) atoms. The van der Waals surface area contributed by atoms with Gasteiger partial charge < -0.3 is 10.5 Å². The van der Waals surface area contributed by atoms with E-state index in [1.807, 2.05) is 19.9 Å². The quantitative estimate of drug-likeness (QED) is 0.316. The van der Waals surface area contributed by atoms with Crippen LogP contribution in [0, 0.1) is 24.0 Å². The van der Waals surface area contributed by atoms with Crippen molar-refractivity contribution in [2.24, 2.45) is 5.73 Å². The maximum Gasteiger partial charge on any atom is 0.354 e. The number of nitrogens with one attached hydrogen (secondary N) is 2. The van der Waals surface area contributed by atoms with Gasteiger partial charge in [0.15, 0.2) is 5.75 Å². The third-order valence-corrected chi connectivity index (χ3v) is 2.89. The van der Waals surface area contributed by atoms with Crippen molar-refractivity contribution in [3.8, 4) is 5.75 Å². The van der Waals surface area contributed by atoms with E-state index in [1.54, 1.807) is 0 Å². The first-order chi connectivity index (χ1) is 10.9. The molecule has 0 spiro atoms. The number of benzene rings is 1. The zero-order valence-corrected chi connectivity index (χ0v) is 13.0. The molecule has 4 N–H and O–H groups in total. The topological polar surface area (TPSA) is 130 Å². The molecular weight excluding hydrogens is 300 g/mol. The molecule has 0 aliphatic heterocycles. The predicted octanol–water partition coefficient (Wildman–Crippen LogP) is 0.149. The second-order valence-electron chi connectivity index (χ2n) is 4.78. The molecule has 0 saturated heterocycles. The first-order valence-electron chi connectivity index (χ1n) is 6.70. The number of non-ortho nitro benzene ring substituents is 1. The van der Waals surface area contributed by atoms with Gasteiger partial charge in [0.2, 0.25) is 0 Å². The number of methoxy groups -OCH3 is 1. The normalized spacial score (nSPS) is 11.2. The number of aromatic nitrogens is 2. The highest BCUT2D eigenvalue weighted by molar-refractivity contribution is 5.90. The summed E-state index contributed by atoms with van der Waals surface area (Å²) in [6.45, 7) is 3.70. The first-order valence-corrected chi connectivity index (χ1v) is 6.70. The van der Waals surface area contributed by atoms with Gasteiger partial charge in [-0.25, -0.2) is 4.99 Å². The van der Waals surface area contributed by atoms with Crippen LogP contribution in [0.5, 0.6) is 5.75 Å². The number of anilines is 1. The molecule has 0 radical (unpaired) electrons. The Morgan fingerprint density at radius 3 is 2.52 bits per heavy atom. The molecule has 0 fully saturated rings. The summed E-state index contributed by atoms with van der Waals surface area (Å²) in [5, 5.41) is 13.6. The van der Waals surface area contributed by atoms with E-state index in [1.165, 1.54) is 25.3 Å². The van der Waals surface area contributed by atoms with Crippen molar-refractivity contribution in [3.05, 3.63) is 45.8 Å². The average molecular weight is 317 g/mol. The van der Waals surface area contributed by atoms with Gasteiger partial charge in [-0.2, -0.15) is 0 Å². The molecule has 0 aliphatic rings. The van der Waals surface area contributed by atoms with E-state index in [2.05, 4.69) is 20.3 Å². The second kappa shape index (κ2) is 6.69. The van der Waals surface area contributed by atoms with E-state index in [9.17, 15) is 10.1 Å². The van der Waals surface area contributed by atoms with Crippen LogP contribution in [-0.4, -0.2) is 28.0 Å². The predicted molar refractivity (Wildman–Crippen MR) is 84.6 cm³/mol. The maximum absolute atomic E-state index is 10.8. The number of hydrogen-bond acceptors (Lipinski definition) is 5. The van der Waals surface area contributed by atoms with Gasteiger partial charge in [-0.3, -0.25) is 15.4 Å². The molecule has 0 unspecified atom stereocenters. The van der Waals surface area contributed by atoms with Gasteiger partial charge in [0.25, 0.3) is 11.6 Å². The molecule has 1 aromatic carbocycles. The number of guanidine groups is 1. The molecule has 0 atom stereocenters. The van der Waals surface area contributed by atoms with E-state index in [0.717, 1.165) is 11.4 Å². The molecule has 0 amide bonds. The molecule has 2 rings (SSSR count). The Labute approximate surface area is 132 Å². The van der Waals surface area contributed by atoms with Gasteiger partial charge in [-0.05, 0) is 19.9 Å². The number of ether oxygens (including phenoxy) is 1. The fraction of sp³-hybridized carbons (Fsp3) is 0.214. The molecule has 2 aromatic rings. The summed E-state index contributed by atoms with van der Waals surface area (Å²) in [6.07, 6.45) is 0. The van der Waals surface area contributed by atoms with E-state index < -0.39 is 4.92 Å². The third-order valence-electron chi connectivity index (χ3n) is 2.89. The zero-order chi connectivity index (χ0) is 17.0. The molecule has 0 aliphatic carbocycles. The Morgan fingerprint density at radius 2 is 1.96 bits per heavy atom. The summed E-state index contributed by atoms with van der Waals surface area (Å²) in [5.74, 6) is 0.820. The van der Waals surface area contributed by atoms with Crippen LogP contribution < -0.4 is 20.8 Å². The molecule has 9 heteroatoms. The van der Waals surface area contributed by atoms with Crippen LogP contribution in [0.4, 0.5) is 17.3 Å². The summed E-state index contributed by atoms with van der Waals surface area (Å²) in [5.41, 5.74) is 7.90. The molecule has 9 nitrogen and oxygen atoms in total. The van der Waals surface area contributed by atoms with Gasteiger partial charge in [0.1, 0.15) is 5.69 Å². The molecule has 0 bridgehead atoms. The lowest BCUT2D eigenvalue weighted by atomic mass is 10.2. The monoisotopic (exact) mass is 317 g/mol. The third kappa shape index (κ3) is 4.13. The van der Waals surface area contributed by atoms with Crippen LogP contribution in [-0.2, 0) is 0 Å². The lowest BCUT2D eigenvalue weighted by molar-refractivity contribution is -0.384. The Bertz CT molecular complexity index is 755. The fourth-order valence-electron chi connectivity index (χ4n) is 1.98. The Balaban J connectivity index is 2.27. The number of aryl methyl sites for hydroxylation is 2. The van der Waals surface area contributed by atoms with Gasteiger partial charge in [0, 0.05) is 12.1 Å². The summed E-state index contributed by atoms with van der Waals surface area (Å²) in [4.78, 5) is 21.5. The number of hydrogen-bond donors (Lipinski definition) is 3. The van der Waals surface area contributed by atoms with Gasteiger partial charge in [-0.15, -0.1) is 9.97 Å². The van der Waals surface area contributed by atoms with Crippen LogP contribution in [0.15, 0.2) is 24.3 Å². The van der Waals surface area contributed by atoms with E-state index in [-0.39, 0.29) is 11.6 Å². The lowest BCUT2D eigenvalue weighted by Crippen LogP contribution is -2.72. The van der Waals surface area contributed by atoms with Crippen molar-refractivity contribution < 1.29 is 14.7 Å². The van der Waals surface area contributed by atoms with Crippen LogP contribution in [0.25, 0.3) is 0 Å². The highest BCUT2D eigenvalue weighted by Crippen LogP contribution is 2.28. The molecule has 120 valence electrons. The van der Waals surface area contributed by atoms with Crippen LogP contribution in [0.3, 0.4) is 0 Å². The average Bonchev–Trinajstić information content (AvgIpc) is 2.46. The maximum atomic E-state index is 10.8. The van der Waals surface area contributed by atoms with Crippen LogP contribution in [0.1, 0.15) is 11.4 Å². The van der Waals surface area contributed by atoms with Crippen molar-refractivity contribution in [3.63, 3.8) is 0 Å². The molecular formula is C14H17N6O3+. The SMILES string of the molecule is COc1cc([N+](=O)[O-])ccc1NC(N)=[NH+]c1nc(C)cc(C)n1. The number of rotatable bonds is 4. The Hall–Kier alpha value is -3.23. The van der Waals surface area contributed by atoms with Crippen LogP contribution >= 0.6 is 0 Å². The summed E-state index contributed by atoms with van der Waals surface area (Å²) >= 11 is 0. The Morgan fingerprint density at radius 1 is 1.30 bits per heavy atom. The highest BCUT2D eigenvalue weighted by atomic mass is 16.6. The molecule has 0 saturated carbocycles. The summed E-state index contributed by atoms with van der Waals surface area (Å²) < 4.78 is 5.13. The van der Waals surface area contributed by atoms with Crippen molar-refractivity contribution in [1.82, 2.24) is 9.97 Å². The number of nitro benzene ring substituents is 1.